The molecule has 0 N–H and O–H groups in total. The molecule has 0 spiro atoms. The molecule has 0 saturated carbocycles. The van der Waals surface area contributed by atoms with Crippen molar-refractivity contribution < 1.29 is 8.78 Å². The number of hydrogen-bond acceptors (Lipinski definition) is 4. The third-order valence-electron chi connectivity index (χ3n) is 3.44. The topological polar surface area (TPSA) is 43.1 Å². The number of fused-ring (bicyclic) bond motifs is 1. The highest BCUT2D eigenvalue weighted by molar-refractivity contribution is 7.19. The average Bonchev–Trinajstić information content (AvgIpc) is 3.12. The van der Waals surface area contributed by atoms with Crippen LogP contribution in [0.2, 0.25) is 0 Å². The van der Waals surface area contributed by atoms with Gasteiger partial charge >= 0.3 is 0 Å². The number of rotatable bonds is 3. The third-order valence-corrected chi connectivity index (χ3v) is 4.37. The van der Waals surface area contributed by atoms with Gasteiger partial charge in [-0.25, -0.2) is 8.78 Å². The fourth-order valence-electron chi connectivity index (χ4n) is 2.30. The molecule has 4 nitrogen and oxygen atoms in total. The molecule has 114 valence electrons. The average molecular weight is 328 g/mol. The predicted octanol–water partition coefficient (Wildman–Crippen LogP) is 3.72. The van der Waals surface area contributed by atoms with E-state index in [0.717, 1.165) is 5.56 Å². The zero-order valence-corrected chi connectivity index (χ0v) is 12.6. The molecule has 0 atom stereocenters. The van der Waals surface area contributed by atoms with E-state index in [1.807, 2.05) is 0 Å². The molecule has 4 rings (SSSR count). The molecular weight excluding hydrogens is 318 g/mol. The number of benzene rings is 2. The zero-order chi connectivity index (χ0) is 15.8. The Morgan fingerprint density at radius 2 is 1.74 bits per heavy atom. The Hall–Kier alpha value is -2.67. The van der Waals surface area contributed by atoms with Crippen molar-refractivity contribution in [1.82, 2.24) is 19.8 Å². The molecule has 0 bridgehead atoms. The third kappa shape index (κ3) is 2.59. The summed E-state index contributed by atoms with van der Waals surface area (Å²) in [6.45, 7) is 0. The fourth-order valence-corrected chi connectivity index (χ4v) is 3.18. The van der Waals surface area contributed by atoms with Gasteiger partial charge in [-0.1, -0.05) is 35.6 Å². The van der Waals surface area contributed by atoms with E-state index < -0.39 is 0 Å². The standard InChI is InChI=1S/C16H10F2N4S/c17-11-7-5-10(6-8-11)9-14-19-20-16-22(14)21-15(23-16)12-3-1-2-4-13(12)18/h1-8H,9H2. The Kier molecular flexibility index (Phi) is 3.34. The van der Waals surface area contributed by atoms with Crippen LogP contribution in [0.3, 0.4) is 0 Å². The van der Waals surface area contributed by atoms with E-state index in [9.17, 15) is 8.78 Å². The maximum absolute atomic E-state index is 13.9. The van der Waals surface area contributed by atoms with Gasteiger partial charge in [0.05, 0.1) is 0 Å². The van der Waals surface area contributed by atoms with Crippen LogP contribution >= 0.6 is 11.3 Å². The summed E-state index contributed by atoms with van der Waals surface area (Å²) in [5.41, 5.74) is 1.34. The summed E-state index contributed by atoms with van der Waals surface area (Å²) in [6, 6.07) is 12.7. The van der Waals surface area contributed by atoms with E-state index in [0.29, 0.717) is 27.8 Å². The summed E-state index contributed by atoms with van der Waals surface area (Å²) in [5, 5.41) is 13.1. The maximum Gasteiger partial charge on any atom is 0.234 e. The summed E-state index contributed by atoms with van der Waals surface area (Å²) in [7, 11) is 0. The second kappa shape index (κ2) is 5.51. The smallest absolute Gasteiger partial charge is 0.207 e. The molecule has 0 unspecified atom stereocenters. The summed E-state index contributed by atoms with van der Waals surface area (Å²) < 4.78 is 28.5. The maximum atomic E-state index is 13.9. The highest BCUT2D eigenvalue weighted by Gasteiger charge is 2.15. The molecule has 0 saturated heterocycles. The summed E-state index contributed by atoms with van der Waals surface area (Å²) in [4.78, 5) is 0.598. The Balaban J connectivity index is 1.72. The summed E-state index contributed by atoms with van der Waals surface area (Å²) in [5.74, 6) is 0.0265. The highest BCUT2D eigenvalue weighted by Crippen LogP contribution is 2.27. The minimum absolute atomic E-state index is 0.282. The molecule has 0 fully saturated rings. The molecule has 2 aromatic carbocycles. The molecular formula is C16H10F2N4S. The molecule has 0 radical (unpaired) electrons. The minimum Gasteiger partial charge on any atom is -0.207 e. The SMILES string of the molecule is Fc1ccc(Cc2nnc3sc(-c4ccccc4F)nn23)cc1. The lowest BCUT2D eigenvalue weighted by molar-refractivity contribution is 0.627. The van der Waals surface area contributed by atoms with Crippen LogP contribution in [0.5, 0.6) is 0 Å². The van der Waals surface area contributed by atoms with Gasteiger partial charge in [0.25, 0.3) is 0 Å². The first kappa shape index (κ1) is 14.0. The van der Waals surface area contributed by atoms with Crippen molar-refractivity contribution in [3.63, 3.8) is 0 Å². The molecule has 7 heteroatoms. The van der Waals surface area contributed by atoms with Crippen LogP contribution in [0.15, 0.2) is 48.5 Å². The first-order chi connectivity index (χ1) is 11.2. The normalized spacial score (nSPS) is 11.2. The zero-order valence-electron chi connectivity index (χ0n) is 11.8. The van der Waals surface area contributed by atoms with Gasteiger partial charge in [-0.05, 0) is 29.8 Å². The Morgan fingerprint density at radius 1 is 0.957 bits per heavy atom. The van der Waals surface area contributed by atoms with Crippen LogP contribution in [0, 0.1) is 11.6 Å². The number of nitrogens with zero attached hydrogens (tertiary/aromatic N) is 4. The second-order valence-corrected chi connectivity index (χ2v) is 5.96. The van der Waals surface area contributed by atoms with E-state index in [1.165, 1.54) is 29.5 Å². The van der Waals surface area contributed by atoms with E-state index >= 15 is 0 Å². The molecule has 2 aromatic heterocycles. The van der Waals surface area contributed by atoms with Gasteiger partial charge in [-0.3, -0.25) is 0 Å². The Labute approximate surface area is 134 Å². The summed E-state index contributed by atoms with van der Waals surface area (Å²) >= 11 is 1.28. The van der Waals surface area contributed by atoms with Crippen molar-refractivity contribution in [1.29, 1.82) is 0 Å². The quantitative estimate of drug-likeness (QED) is 0.576. The lowest BCUT2D eigenvalue weighted by Crippen LogP contribution is -1.98. The Bertz CT molecular complexity index is 975. The molecule has 0 aliphatic rings. The van der Waals surface area contributed by atoms with E-state index in [2.05, 4.69) is 15.3 Å². The first-order valence-corrected chi connectivity index (χ1v) is 7.73. The van der Waals surface area contributed by atoms with Gasteiger partial charge < -0.3 is 0 Å². The van der Waals surface area contributed by atoms with Crippen LogP contribution in [-0.4, -0.2) is 19.8 Å². The van der Waals surface area contributed by atoms with Crippen molar-refractivity contribution in [3.05, 3.63) is 71.6 Å². The molecule has 23 heavy (non-hydrogen) atoms. The predicted molar refractivity (Wildman–Crippen MR) is 83.3 cm³/mol. The van der Waals surface area contributed by atoms with Crippen molar-refractivity contribution in [3.8, 4) is 10.6 Å². The van der Waals surface area contributed by atoms with Crippen molar-refractivity contribution in [2.24, 2.45) is 0 Å². The van der Waals surface area contributed by atoms with Crippen LogP contribution < -0.4 is 0 Å². The monoisotopic (exact) mass is 328 g/mol. The van der Waals surface area contributed by atoms with Crippen LogP contribution in [0.1, 0.15) is 11.4 Å². The first-order valence-electron chi connectivity index (χ1n) is 6.91. The number of hydrogen-bond donors (Lipinski definition) is 0. The van der Waals surface area contributed by atoms with E-state index in [1.54, 1.807) is 34.8 Å². The molecule has 4 aromatic rings. The van der Waals surface area contributed by atoms with Gasteiger partial charge in [-0.15, -0.1) is 10.2 Å². The largest absolute Gasteiger partial charge is 0.234 e. The van der Waals surface area contributed by atoms with Crippen molar-refractivity contribution in [2.45, 2.75) is 6.42 Å². The van der Waals surface area contributed by atoms with Gasteiger partial charge in [0, 0.05) is 12.0 Å². The lowest BCUT2D eigenvalue weighted by atomic mass is 10.1. The Morgan fingerprint density at radius 3 is 2.52 bits per heavy atom. The van der Waals surface area contributed by atoms with Gasteiger partial charge in [0.15, 0.2) is 10.8 Å². The fraction of sp³-hybridized carbons (Fsp3) is 0.0625. The van der Waals surface area contributed by atoms with E-state index in [4.69, 9.17) is 0 Å². The molecule has 0 amide bonds. The van der Waals surface area contributed by atoms with Gasteiger partial charge in [0.2, 0.25) is 4.96 Å². The molecule has 0 aliphatic heterocycles. The van der Waals surface area contributed by atoms with Crippen molar-refractivity contribution in [2.75, 3.05) is 0 Å². The second-order valence-electron chi connectivity index (χ2n) is 5.00. The summed E-state index contributed by atoms with van der Waals surface area (Å²) in [6.07, 6.45) is 0.474. The van der Waals surface area contributed by atoms with E-state index in [-0.39, 0.29) is 11.6 Å². The highest BCUT2D eigenvalue weighted by atomic mass is 32.1. The molecule has 0 aliphatic carbocycles. The van der Waals surface area contributed by atoms with Crippen LogP contribution in [0.4, 0.5) is 8.78 Å². The van der Waals surface area contributed by atoms with Gasteiger partial charge in [0.1, 0.15) is 11.6 Å². The number of halogens is 2. The molecule has 2 heterocycles. The van der Waals surface area contributed by atoms with Crippen LogP contribution in [0.25, 0.3) is 15.5 Å². The van der Waals surface area contributed by atoms with Crippen molar-refractivity contribution >= 4 is 16.3 Å². The number of aromatic nitrogens is 4. The lowest BCUT2D eigenvalue weighted by Gasteiger charge is -1.99. The minimum atomic E-state index is -0.322. The van der Waals surface area contributed by atoms with Gasteiger partial charge in [-0.2, -0.15) is 9.61 Å². The van der Waals surface area contributed by atoms with Crippen LogP contribution in [-0.2, 0) is 6.42 Å².